The van der Waals surface area contributed by atoms with Crippen LogP contribution in [-0.4, -0.2) is 38.7 Å². The van der Waals surface area contributed by atoms with Crippen LogP contribution in [0.4, 0.5) is 14.5 Å². The van der Waals surface area contributed by atoms with Crippen LogP contribution in [0.1, 0.15) is 23.7 Å². The number of halogens is 2. The molecule has 1 aromatic carbocycles. The van der Waals surface area contributed by atoms with Crippen LogP contribution in [0, 0.1) is 17.6 Å². The van der Waals surface area contributed by atoms with E-state index in [1.807, 2.05) is 4.72 Å². The summed E-state index contributed by atoms with van der Waals surface area (Å²) >= 11 is 0. The predicted octanol–water partition coefficient (Wildman–Crippen LogP) is 1.84. The molecule has 0 radical (unpaired) electrons. The number of benzene rings is 1. The van der Waals surface area contributed by atoms with Crippen molar-refractivity contribution in [1.29, 1.82) is 0 Å². The first-order valence-electron chi connectivity index (χ1n) is 7.87. The molecule has 0 aromatic heterocycles. The monoisotopic (exact) mass is 382 g/mol. The van der Waals surface area contributed by atoms with Gasteiger partial charge in [0.05, 0.1) is 22.9 Å². The van der Waals surface area contributed by atoms with E-state index in [-0.39, 0.29) is 11.3 Å². The third-order valence-electron chi connectivity index (χ3n) is 3.93. The van der Waals surface area contributed by atoms with Crippen molar-refractivity contribution in [3.63, 3.8) is 0 Å². The Morgan fingerprint density at radius 3 is 2.85 bits per heavy atom. The fourth-order valence-corrected chi connectivity index (χ4v) is 3.90. The van der Waals surface area contributed by atoms with Gasteiger partial charge in [0.25, 0.3) is 0 Å². The van der Waals surface area contributed by atoms with E-state index in [4.69, 9.17) is 0 Å². The van der Waals surface area contributed by atoms with Crippen LogP contribution < -0.4 is 10.0 Å². The Bertz CT molecular complexity index is 941. The number of sulfonamides is 1. The minimum absolute atomic E-state index is 0.169. The van der Waals surface area contributed by atoms with E-state index in [9.17, 15) is 22.0 Å². The molecule has 0 spiro atoms. The van der Waals surface area contributed by atoms with Gasteiger partial charge in [-0.3, -0.25) is 9.52 Å². The zero-order chi connectivity index (χ0) is 18.9. The molecular formula is C16H16F2N4O3S. The highest BCUT2D eigenvalue weighted by Crippen LogP contribution is 2.29. The van der Waals surface area contributed by atoms with Crippen molar-refractivity contribution in [2.75, 3.05) is 10.5 Å². The van der Waals surface area contributed by atoms with Gasteiger partial charge in [0.2, 0.25) is 10.0 Å². The molecule has 10 heteroatoms. The summed E-state index contributed by atoms with van der Waals surface area (Å²) in [4.78, 5) is 20.6. The Morgan fingerprint density at radius 2 is 2.12 bits per heavy atom. The largest absolute Gasteiger partial charge is 0.369 e. The molecule has 0 aliphatic carbocycles. The summed E-state index contributed by atoms with van der Waals surface area (Å²) in [5.74, 6) is -3.57. The van der Waals surface area contributed by atoms with Crippen molar-refractivity contribution >= 4 is 34.0 Å². The Labute approximate surface area is 149 Å². The quantitative estimate of drug-likeness (QED) is 0.733. The number of anilines is 1. The molecule has 2 unspecified atom stereocenters. The van der Waals surface area contributed by atoms with Crippen LogP contribution in [0.3, 0.4) is 0 Å². The van der Waals surface area contributed by atoms with Gasteiger partial charge in [-0.05, 0) is 12.5 Å². The lowest BCUT2D eigenvalue weighted by Crippen LogP contribution is -2.30. The number of Topliss-reactive ketones (excluding diaryl/α,β-unsaturated/α-hetero) is 1. The van der Waals surface area contributed by atoms with Crippen molar-refractivity contribution in [2.45, 2.75) is 19.5 Å². The van der Waals surface area contributed by atoms with Gasteiger partial charge in [0, 0.05) is 24.1 Å². The highest BCUT2D eigenvalue weighted by Gasteiger charge is 2.35. The van der Waals surface area contributed by atoms with Crippen molar-refractivity contribution in [3.05, 3.63) is 41.1 Å². The molecule has 2 heterocycles. The number of rotatable bonds is 6. The summed E-state index contributed by atoms with van der Waals surface area (Å²) in [6.07, 6.45) is 4.09. The molecule has 138 valence electrons. The van der Waals surface area contributed by atoms with Gasteiger partial charge in [-0.25, -0.2) is 27.2 Å². The predicted molar refractivity (Wildman–Crippen MR) is 93.9 cm³/mol. The van der Waals surface area contributed by atoms with Crippen molar-refractivity contribution < 1.29 is 22.0 Å². The molecule has 0 bridgehead atoms. The number of ketones is 1. The number of hydrogen-bond donors (Lipinski definition) is 2. The molecule has 3 rings (SSSR count). The molecule has 0 saturated heterocycles. The molecule has 2 aliphatic heterocycles. The summed E-state index contributed by atoms with van der Waals surface area (Å²) in [7, 11) is -3.84. The number of carbonyl (C=O) groups is 1. The molecule has 0 amide bonds. The maximum absolute atomic E-state index is 14.7. The Kier molecular flexibility index (Phi) is 4.86. The summed E-state index contributed by atoms with van der Waals surface area (Å²) in [5, 5.41) is 2.86. The lowest BCUT2D eigenvalue weighted by Gasteiger charge is -2.17. The third-order valence-corrected chi connectivity index (χ3v) is 5.41. The van der Waals surface area contributed by atoms with Gasteiger partial charge >= 0.3 is 0 Å². The molecular weight excluding hydrogens is 366 g/mol. The van der Waals surface area contributed by atoms with Crippen LogP contribution in [-0.2, 0) is 10.0 Å². The maximum atomic E-state index is 14.7. The third kappa shape index (κ3) is 3.50. The van der Waals surface area contributed by atoms with Crippen molar-refractivity contribution in [2.24, 2.45) is 15.9 Å². The molecule has 2 aliphatic rings. The summed E-state index contributed by atoms with van der Waals surface area (Å²) in [5.41, 5.74) is -0.987. The van der Waals surface area contributed by atoms with E-state index >= 15 is 0 Å². The van der Waals surface area contributed by atoms with Crippen LogP contribution in [0.5, 0.6) is 0 Å². The number of nitrogens with one attached hydrogen (secondary N) is 2. The Morgan fingerprint density at radius 1 is 1.35 bits per heavy atom. The average Bonchev–Trinajstić information content (AvgIpc) is 3.01. The second-order valence-corrected chi connectivity index (χ2v) is 7.71. The molecule has 26 heavy (non-hydrogen) atoms. The van der Waals surface area contributed by atoms with Gasteiger partial charge in [0.15, 0.2) is 11.6 Å². The standard InChI is InChI=1S/C16H16F2N4O3S/c1-2-3-26(24,25)22-13-5-9(17)4-10(14(13)18)15(23)11-7-20-16-12(11)6-19-8-21-16/h4-8,12,16,20,22H,2-3H2,1H3. The number of fused-ring (bicyclic) bond motifs is 1. The van der Waals surface area contributed by atoms with E-state index in [0.29, 0.717) is 12.5 Å². The van der Waals surface area contributed by atoms with Gasteiger partial charge in [-0.15, -0.1) is 0 Å². The van der Waals surface area contributed by atoms with E-state index < -0.39 is 50.8 Å². The van der Waals surface area contributed by atoms with Crippen LogP contribution in [0.15, 0.2) is 33.9 Å². The normalized spacial score (nSPS) is 21.1. The lowest BCUT2D eigenvalue weighted by atomic mass is 9.92. The first kappa shape index (κ1) is 18.2. The zero-order valence-corrected chi connectivity index (χ0v) is 14.6. The maximum Gasteiger partial charge on any atom is 0.232 e. The van der Waals surface area contributed by atoms with Crippen LogP contribution in [0.25, 0.3) is 0 Å². The fourth-order valence-electron chi connectivity index (χ4n) is 2.77. The van der Waals surface area contributed by atoms with Crippen LogP contribution >= 0.6 is 0 Å². The highest BCUT2D eigenvalue weighted by molar-refractivity contribution is 7.92. The molecule has 0 fully saturated rings. The first-order chi connectivity index (χ1) is 12.3. The number of carbonyl (C=O) groups excluding carboxylic acids is 1. The molecule has 2 atom stereocenters. The minimum atomic E-state index is -3.84. The molecule has 2 N–H and O–H groups in total. The fraction of sp³-hybridized carbons (Fsp3) is 0.312. The number of aliphatic imine (C=N–C) groups is 2. The second-order valence-electron chi connectivity index (χ2n) is 5.86. The smallest absolute Gasteiger partial charge is 0.232 e. The van der Waals surface area contributed by atoms with Crippen LogP contribution in [0.2, 0.25) is 0 Å². The Balaban J connectivity index is 1.94. The van der Waals surface area contributed by atoms with E-state index in [1.165, 1.54) is 18.8 Å². The second kappa shape index (κ2) is 6.94. The van der Waals surface area contributed by atoms with Gasteiger partial charge in [-0.2, -0.15) is 0 Å². The molecule has 7 nitrogen and oxygen atoms in total. The molecule has 0 saturated carbocycles. The summed E-state index contributed by atoms with van der Waals surface area (Å²) < 4.78 is 54.3. The van der Waals surface area contributed by atoms with E-state index in [0.717, 1.165) is 6.07 Å². The van der Waals surface area contributed by atoms with Crippen molar-refractivity contribution in [1.82, 2.24) is 5.32 Å². The Hall–Kier alpha value is -2.62. The van der Waals surface area contributed by atoms with Gasteiger partial charge in [-0.1, -0.05) is 6.92 Å². The topological polar surface area (TPSA) is 100.0 Å². The average molecular weight is 382 g/mol. The SMILES string of the molecule is CCCS(=O)(=O)Nc1cc(F)cc(C(=O)C2=CNC3N=CN=CC23)c1F. The first-order valence-corrected chi connectivity index (χ1v) is 9.53. The molecule has 1 aromatic rings. The summed E-state index contributed by atoms with van der Waals surface area (Å²) in [6.45, 7) is 1.64. The number of nitrogens with zero attached hydrogens (tertiary/aromatic N) is 2. The van der Waals surface area contributed by atoms with Gasteiger partial charge < -0.3 is 5.32 Å². The van der Waals surface area contributed by atoms with Gasteiger partial charge in [0.1, 0.15) is 18.3 Å². The van der Waals surface area contributed by atoms with E-state index in [1.54, 1.807) is 6.92 Å². The zero-order valence-electron chi connectivity index (χ0n) is 13.7. The van der Waals surface area contributed by atoms with E-state index in [2.05, 4.69) is 15.3 Å². The minimum Gasteiger partial charge on any atom is -0.369 e. The lowest BCUT2D eigenvalue weighted by molar-refractivity contribution is 0.102. The number of hydrogen-bond acceptors (Lipinski definition) is 6. The summed E-state index contributed by atoms with van der Waals surface area (Å²) in [6, 6.07) is 1.45. The van der Waals surface area contributed by atoms with Crippen molar-refractivity contribution in [3.8, 4) is 0 Å². The highest BCUT2D eigenvalue weighted by atomic mass is 32.2.